The van der Waals surface area contributed by atoms with Gasteiger partial charge in [-0.25, -0.2) is 19.9 Å². The summed E-state index contributed by atoms with van der Waals surface area (Å²) in [7, 11) is 1.77. The second kappa shape index (κ2) is 6.66. The summed E-state index contributed by atoms with van der Waals surface area (Å²) in [5.74, 6) is 0.696. The number of halogens is 1. The van der Waals surface area contributed by atoms with Crippen molar-refractivity contribution in [2.24, 2.45) is 7.05 Å². The van der Waals surface area contributed by atoms with Crippen LogP contribution >= 0.6 is 15.9 Å². The Kier molecular flexibility index (Phi) is 4.12. The zero-order valence-corrected chi connectivity index (χ0v) is 16.8. The van der Waals surface area contributed by atoms with Crippen molar-refractivity contribution in [3.05, 3.63) is 57.9 Å². The smallest absolute Gasteiger partial charge is 0.255 e. The number of aromatic nitrogens is 5. The van der Waals surface area contributed by atoms with Gasteiger partial charge in [-0.2, -0.15) is 0 Å². The molecule has 9 heteroatoms. The van der Waals surface area contributed by atoms with Gasteiger partial charge in [0.05, 0.1) is 29.3 Å². The summed E-state index contributed by atoms with van der Waals surface area (Å²) >= 11 is 3.39. The second-order valence-electron chi connectivity index (χ2n) is 7.12. The third-order valence-corrected chi connectivity index (χ3v) is 5.97. The van der Waals surface area contributed by atoms with Crippen LogP contribution in [0.2, 0.25) is 0 Å². The van der Waals surface area contributed by atoms with E-state index in [9.17, 15) is 4.79 Å². The van der Waals surface area contributed by atoms with Gasteiger partial charge in [0.2, 0.25) is 5.95 Å². The van der Waals surface area contributed by atoms with Crippen LogP contribution in [-0.2, 0) is 7.05 Å². The van der Waals surface area contributed by atoms with Gasteiger partial charge in [-0.15, -0.1) is 0 Å². The summed E-state index contributed by atoms with van der Waals surface area (Å²) in [5.41, 5.74) is 2.28. The van der Waals surface area contributed by atoms with E-state index in [-0.39, 0.29) is 5.56 Å². The summed E-state index contributed by atoms with van der Waals surface area (Å²) < 4.78 is 2.46. The molecule has 0 N–H and O–H groups in total. The highest BCUT2D eigenvalue weighted by Crippen LogP contribution is 2.36. The molecule has 2 aliphatic heterocycles. The van der Waals surface area contributed by atoms with Crippen LogP contribution in [-0.4, -0.2) is 49.7 Å². The molecular weight excluding hydrogens is 422 g/mol. The van der Waals surface area contributed by atoms with Gasteiger partial charge in [0.25, 0.3) is 5.56 Å². The minimum Gasteiger partial charge on any atom is -0.363 e. The number of hydrogen-bond donors (Lipinski definition) is 0. The fourth-order valence-electron chi connectivity index (χ4n) is 4.12. The molecule has 28 heavy (non-hydrogen) atoms. The Balaban J connectivity index is 1.45. The Morgan fingerprint density at radius 1 is 1.07 bits per heavy atom. The largest absolute Gasteiger partial charge is 0.363 e. The van der Waals surface area contributed by atoms with Crippen LogP contribution in [0.5, 0.6) is 0 Å². The Hall–Kier alpha value is -2.81. The average molecular weight is 440 g/mol. The van der Waals surface area contributed by atoms with Crippen molar-refractivity contribution in [2.75, 3.05) is 22.9 Å². The monoisotopic (exact) mass is 439 g/mol. The first-order valence-electron chi connectivity index (χ1n) is 9.09. The maximum absolute atomic E-state index is 12.5. The van der Waals surface area contributed by atoms with Gasteiger partial charge in [-0.05, 0) is 40.5 Å². The lowest BCUT2D eigenvalue weighted by Crippen LogP contribution is -2.48. The van der Waals surface area contributed by atoms with Gasteiger partial charge in [0, 0.05) is 38.4 Å². The number of pyridine rings is 1. The number of rotatable bonds is 3. The van der Waals surface area contributed by atoms with E-state index in [2.05, 4.69) is 46.7 Å². The number of fused-ring (bicyclic) bond motifs is 2. The molecule has 5 rings (SSSR count). The van der Waals surface area contributed by atoms with Crippen LogP contribution in [0.3, 0.4) is 0 Å². The van der Waals surface area contributed by atoms with Crippen LogP contribution in [0.4, 0.5) is 11.6 Å². The van der Waals surface area contributed by atoms with E-state index in [1.54, 1.807) is 23.9 Å². The first kappa shape index (κ1) is 17.3. The Bertz CT molecular complexity index is 1070. The Morgan fingerprint density at radius 2 is 1.89 bits per heavy atom. The molecular formula is C19H18BrN7O. The average Bonchev–Trinajstić information content (AvgIpc) is 3.32. The predicted octanol–water partition coefficient (Wildman–Crippen LogP) is 1.86. The topological polar surface area (TPSA) is 80.0 Å². The molecule has 0 spiro atoms. The third kappa shape index (κ3) is 2.86. The molecule has 0 aromatic carbocycles. The maximum atomic E-state index is 12.5. The van der Waals surface area contributed by atoms with E-state index in [1.165, 1.54) is 12.4 Å². The third-order valence-electron chi connectivity index (χ3n) is 5.50. The van der Waals surface area contributed by atoms with Crippen LogP contribution in [0.15, 0.2) is 52.4 Å². The summed E-state index contributed by atoms with van der Waals surface area (Å²) in [5, 5.41) is 0. The lowest BCUT2D eigenvalue weighted by Gasteiger charge is -2.36. The van der Waals surface area contributed by atoms with Crippen LogP contribution in [0.1, 0.15) is 6.42 Å². The molecule has 0 amide bonds. The summed E-state index contributed by atoms with van der Waals surface area (Å²) in [4.78, 5) is 34.5. The summed E-state index contributed by atoms with van der Waals surface area (Å²) in [6.07, 6.45) is 6.07. The molecule has 2 bridgehead atoms. The zero-order valence-electron chi connectivity index (χ0n) is 15.2. The molecule has 8 nitrogen and oxygen atoms in total. The van der Waals surface area contributed by atoms with Crippen LogP contribution in [0.25, 0.3) is 11.4 Å². The van der Waals surface area contributed by atoms with Gasteiger partial charge in [0.15, 0.2) is 0 Å². The van der Waals surface area contributed by atoms with Crippen LogP contribution < -0.4 is 15.4 Å². The molecule has 5 heterocycles. The second-order valence-corrected chi connectivity index (χ2v) is 7.93. The van der Waals surface area contributed by atoms with Gasteiger partial charge in [0.1, 0.15) is 10.9 Å². The standard InChI is InChI=1S/C19H18BrN7O/c1-25-18(28)7-16(15-4-5-21-11-23-15)24-19(25)27-10-13-6-14(27)9-26(13)12-2-3-17(20)22-8-12/h2-5,7-8,11,13-14H,6,9-10H2,1H3/t13?,14-/m0/s1. The normalized spacial score (nSPS) is 20.8. The Labute approximate surface area is 170 Å². The van der Waals surface area contributed by atoms with Crippen molar-refractivity contribution in [1.29, 1.82) is 0 Å². The highest BCUT2D eigenvalue weighted by molar-refractivity contribution is 9.10. The van der Waals surface area contributed by atoms with Gasteiger partial charge in [-0.1, -0.05) is 0 Å². The van der Waals surface area contributed by atoms with Crippen molar-refractivity contribution in [3.8, 4) is 11.4 Å². The SMILES string of the molecule is Cn1c(N2CC3C[C@H]2CN3c2ccc(Br)nc2)nc(-c2ccncn2)cc1=O. The van der Waals surface area contributed by atoms with Crippen molar-refractivity contribution < 1.29 is 0 Å². The van der Waals surface area contributed by atoms with Gasteiger partial charge < -0.3 is 9.80 Å². The summed E-state index contributed by atoms with van der Waals surface area (Å²) in [6.45, 7) is 1.72. The van der Waals surface area contributed by atoms with Gasteiger partial charge >= 0.3 is 0 Å². The molecule has 3 aromatic rings. The van der Waals surface area contributed by atoms with Gasteiger partial charge in [-0.3, -0.25) is 9.36 Å². The van der Waals surface area contributed by atoms with E-state index >= 15 is 0 Å². The number of nitrogens with zero attached hydrogens (tertiary/aromatic N) is 7. The first-order chi connectivity index (χ1) is 13.6. The summed E-state index contributed by atoms with van der Waals surface area (Å²) in [6, 6.07) is 8.05. The molecule has 142 valence electrons. The van der Waals surface area contributed by atoms with Crippen LogP contribution in [0, 0.1) is 0 Å². The zero-order chi connectivity index (χ0) is 19.3. The molecule has 2 saturated heterocycles. The fourth-order valence-corrected chi connectivity index (χ4v) is 4.36. The number of anilines is 2. The molecule has 2 atom stereocenters. The van der Waals surface area contributed by atoms with E-state index in [1.807, 2.05) is 12.3 Å². The first-order valence-corrected chi connectivity index (χ1v) is 9.89. The highest BCUT2D eigenvalue weighted by Gasteiger charge is 2.44. The van der Waals surface area contributed by atoms with E-state index in [0.29, 0.717) is 29.4 Å². The van der Waals surface area contributed by atoms with E-state index in [4.69, 9.17) is 4.98 Å². The van der Waals surface area contributed by atoms with Crippen molar-refractivity contribution in [1.82, 2.24) is 24.5 Å². The molecule has 2 aliphatic rings. The number of piperazine rings is 1. The Morgan fingerprint density at radius 3 is 2.57 bits per heavy atom. The maximum Gasteiger partial charge on any atom is 0.255 e. The lowest BCUT2D eigenvalue weighted by atomic mass is 10.2. The molecule has 0 aliphatic carbocycles. The van der Waals surface area contributed by atoms with E-state index < -0.39 is 0 Å². The minimum atomic E-state index is -0.0876. The quantitative estimate of drug-likeness (QED) is 0.576. The van der Waals surface area contributed by atoms with Crippen molar-refractivity contribution in [3.63, 3.8) is 0 Å². The number of hydrogen-bond acceptors (Lipinski definition) is 7. The van der Waals surface area contributed by atoms with Crippen molar-refractivity contribution >= 4 is 27.6 Å². The molecule has 2 fully saturated rings. The minimum absolute atomic E-state index is 0.0876. The van der Waals surface area contributed by atoms with Crippen molar-refractivity contribution in [2.45, 2.75) is 18.5 Å². The lowest BCUT2D eigenvalue weighted by molar-refractivity contribution is 0.614. The molecule has 3 aromatic heterocycles. The molecule has 0 radical (unpaired) electrons. The molecule has 0 saturated carbocycles. The molecule has 1 unspecified atom stereocenters. The highest BCUT2D eigenvalue weighted by atomic mass is 79.9. The predicted molar refractivity (Wildman–Crippen MR) is 109 cm³/mol. The fraction of sp³-hybridized carbons (Fsp3) is 0.316. The van der Waals surface area contributed by atoms with E-state index in [0.717, 1.165) is 29.8 Å².